The molecule has 0 saturated heterocycles. The smallest absolute Gasteiger partial charge is 0.0727 e. The van der Waals surface area contributed by atoms with Gasteiger partial charge in [-0.15, -0.1) is 11.3 Å². The lowest BCUT2D eigenvalue weighted by Gasteiger charge is -2.18. The standard InChI is InChI=1S/C42H25NS/c1-3-10-26(11-4-1)30-22-18-27-21-25-33-31(23-19-28-20-24-32(30)38(27)39(28)33)34-15-9-16-36-40(34)43(29-12-5-2-6-13-29)41-35-14-7-8-17-37(35)44-42(36)41/h1-25H/i1D,3D,4D,10D,11D. The molecule has 204 valence electrons. The quantitative estimate of drug-likeness (QED) is 0.183. The SMILES string of the molecule is [2H]c1c([2H])c([2H])c(-c2ccc3ccc4c(-c5cccc6c7sc8ccccc8c7n(-c7ccccc7)c56)ccc5ccc2c3c54)c([2H])c1[2H]. The van der Waals surface area contributed by atoms with Gasteiger partial charge < -0.3 is 4.57 Å². The molecule has 0 aliphatic rings. The number of rotatable bonds is 3. The van der Waals surface area contributed by atoms with Gasteiger partial charge in [-0.05, 0) is 67.2 Å². The highest BCUT2D eigenvalue weighted by Gasteiger charge is 2.22. The fourth-order valence-electron chi connectivity index (χ4n) is 7.21. The van der Waals surface area contributed by atoms with Gasteiger partial charge >= 0.3 is 0 Å². The van der Waals surface area contributed by atoms with Gasteiger partial charge in [0.2, 0.25) is 0 Å². The second-order valence-corrected chi connectivity index (χ2v) is 12.3. The zero-order valence-electron chi connectivity index (χ0n) is 28.4. The molecule has 0 fully saturated rings. The summed E-state index contributed by atoms with van der Waals surface area (Å²) in [6.07, 6.45) is 0. The molecule has 0 aliphatic heterocycles. The Balaban J connectivity index is 1.32. The minimum absolute atomic E-state index is 0.192. The van der Waals surface area contributed by atoms with E-state index in [1.165, 1.54) is 25.7 Å². The predicted octanol–water partition coefficient (Wildman–Crippen LogP) is 12.2. The number of para-hydroxylation sites is 2. The molecule has 44 heavy (non-hydrogen) atoms. The van der Waals surface area contributed by atoms with Crippen LogP contribution in [0.15, 0.2) is 152 Å². The van der Waals surface area contributed by atoms with Crippen molar-refractivity contribution < 1.29 is 6.85 Å². The van der Waals surface area contributed by atoms with Crippen molar-refractivity contribution >= 4 is 74.9 Å². The Hall–Kier alpha value is -5.44. The van der Waals surface area contributed by atoms with E-state index in [1.54, 1.807) is 0 Å². The lowest BCUT2D eigenvalue weighted by atomic mass is 9.87. The lowest BCUT2D eigenvalue weighted by Crippen LogP contribution is -1.96. The Labute approximate surface area is 265 Å². The summed E-state index contributed by atoms with van der Waals surface area (Å²) < 4.78 is 47.2. The van der Waals surface area contributed by atoms with E-state index in [-0.39, 0.29) is 35.8 Å². The zero-order valence-corrected chi connectivity index (χ0v) is 24.2. The number of benzene rings is 8. The van der Waals surface area contributed by atoms with Crippen LogP contribution in [0.5, 0.6) is 0 Å². The fraction of sp³-hybridized carbons (Fsp3) is 0. The van der Waals surface area contributed by atoms with E-state index in [9.17, 15) is 0 Å². The van der Waals surface area contributed by atoms with Crippen molar-refractivity contribution in [2.75, 3.05) is 0 Å². The van der Waals surface area contributed by atoms with E-state index < -0.39 is 0 Å². The molecule has 2 aromatic heterocycles. The number of hydrogen-bond acceptors (Lipinski definition) is 1. The molecule has 10 rings (SSSR count). The summed E-state index contributed by atoms with van der Waals surface area (Å²) in [6, 6.07) is 41.2. The molecule has 2 heteroatoms. The van der Waals surface area contributed by atoms with Crippen molar-refractivity contribution in [3.05, 3.63) is 152 Å². The van der Waals surface area contributed by atoms with Crippen molar-refractivity contribution in [3.63, 3.8) is 0 Å². The van der Waals surface area contributed by atoms with E-state index in [0.29, 0.717) is 5.56 Å². The average molecular weight is 581 g/mol. The van der Waals surface area contributed by atoms with Crippen LogP contribution in [-0.2, 0) is 0 Å². The molecule has 0 saturated carbocycles. The first-order chi connectivity index (χ1) is 23.9. The summed E-state index contributed by atoms with van der Waals surface area (Å²) in [4.78, 5) is 0. The van der Waals surface area contributed by atoms with Gasteiger partial charge in [-0.3, -0.25) is 0 Å². The fourth-order valence-corrected chi connectivity index (χ4v) is 8.42. The van der Waals surface area contributed by atoms with Crippen LogP contribution in [-0.4, -0.2) is 4.57 Å². The second-order valence-electron chi connectivity index (χ2n) is 11.3. The Kier molecular flexibility index (Phi) is 4.04. The molecule has 0 bridgehead atoms. The third-order valence-electron chi connectivity index (χ3n) is 9.04. The van der Waals surface area contributed by atoms with Crippen LogP contribution in [0.3, 0.4) is 0 Å². The Morgan fingerprint density at radius 1 is 0.477 bits per heavy atom. The minimum Gasteiger partial charge on any atom is -0.307 e. The van der Waals surface area contributed by atoms with Crippen LogP contribution >= 0.6 is 11.3 Å². The van der Waals surface area contributed by atoms with Gasteiger partial charge in [-0.2, -0.15) is 0 Å². The minimum atomic E-state index is -0.386. The van der Waals surface area contributed by atoms with Gasteiger partial charge in [-0.1, -0.05) is 133 Å². The predicted molar refractivity (Wildman–Crippen MR) is 191 cm³/mol. The normalized spacial score (nSPS) is 13.7. The van der Waals surface area contributed by atoms with Crippen LogP contribution < -0.4 is 0 Å². The molecule has 0 unspecified atom stereocenters. The van der Waals surface area contributed by atoms with Crippen molar-refractivity contribution in [1.82, 2.24) is 4.57 Å². The average Bonchev–Trinajstić information content (AvgIpc) is 3.68. The Morgan fingerprint density at radius 3 is 1.93 bits per heavy atom. The maximum Gasteiger partial charge on any atom is 0.0727 e. The highest BCUT2D eigenvalue weighted by atomic mass is 32.1. The van der Waals surface area contributed by atoms with Gasteiger partial charge in [0.25, 0.3) is 0 Å². The van der Waals surface area contributed by atoms with E-state index in [2.05, 4.69) is 108 Å². The Bertz CT molecular complexity index is 2970. The van der Waals surface area contributed by atoms with Crippen molar-refractivity contribution in [2.24, 2.45) is 0 Å². The summed E-state index contributed by atoms with van der Waals surface area (Å²) in [5, 5.41) is 8.68. The van der Waals surface area contributed by atoms with E-state index in [4.69, 9.17) is 6.85 Å². The summed E-state index contributed by atoms with van der Waals surface area (Å²) in [5.74, 6) is 0. The summed E-state index contributed by atoms with van der Waals surface area (Å²) in [7, 11) is 0. The zero-order chi connectivity index (χ0) is 33.1. The van der Waals surface area contributed by atoms with Gasteiger partial charge in [0.05, 0.1) is 22.6 Å². The van der Waals surface area contributed by atoms with Crippen molar-refractivity contribution in [2.45, 2.75) is 0 Å². The molecule has 10 aromatic rings. The summed E-state index contributed by atoms with van der Waals surface area (Å²) in [5.41, 5.74) is 6.61. The summed E-state index contributed by atoms with van der Waals surface area (Å²) in [6.45, 7) is 0. The molecule has 0 radical (unpaired) electrons. The van der Waals surface area contributed by atoms with E-state index in [1.807, 2.05) is 29.5 Å². The molecule has 0 atom stereocenters. The number of fused-ring (bicyclic) bond motifs is 5. The first-order valence-corrected chi connectivity index (χ1v) is 15.5. The van der Waals surface area contributed by atoms with Crippen molar-refractivity contribution in [3.8, 4) is 27.9 Å². The molecular formula is C42H25NS. The van der Waals surface area contributed by atoms with Crippen LogP contribution in [0.2, 0.25) is 0 Å². The molecule has 8 aromatic carbocycles. The molecule has 0 amide bonds. The molecule has 1 nitrogen and oxygen atoms in total. The van der Waals surface area contributed by atoms with Crippen LogP contribution in [0.4, 0.5) is 0 Å². The highest BCUT2D eigenvalue weighted by Crippen LogP contribution is 2.47. The molecule has 0 spiro atoms. The molecule has 0 N–H and O–H groups in total. The first-order valence-electron chi connectivity index (χ1n) is 17.2. The highest BCUT2D eigenvalue weighted by molar-refractivity contribution is 7.26. The van der Waals surface area contributed by atoms with Crippen LogP contribution in [0, 0.1) is 0 Å². The second kappa shape index (κ2) is 9.03. The number of thiophene rings is 1. The van der Waals surface area contributed by atoms with Gasteiger partial charge in [-0.25, -0.2) is 0 Å². The van der Waals surface area contributed by atoms with Crippen LogP contribution in [0.25, 0.3) is 91.5 Å². The molecule has 0 aliphatic carbocycles. The third kappa shape index (κ3) is 3.23. The summed E-state index contributed by atoms with van der Waals surface area (Å²) >= 11 is 1.84. The molecular weight excluding hydrogens is 551 g/mol. The van der Waals surface area contributed by atoms with Gasteiger partial charge in [0.1, 0.15) is 0 Å². The molecule has 2 heterocycles. The number of nitrogens with zero attached hydrogens (tertiary/aromatic N) is 1. The maximum atomic E-state index is 8.73. The van der Waals surface area contributed by atoms with Gasteiger partial charge in [0, 0.05) is 26.7 Å². The number of aromatic nitrogens is 1. The lowest BCUT2D eigenvalue weighted by molar-refractivity contribution is 1.19. The third-order valence-corrected chi connectivity index (χ3v) is 10.2. The Morgan fingerprint density at radius 2 is 1.14 bits per heavy atom. The topological polar surface area (TPSA) is 4.93 Å². The first kappa shape index (κ1) is 19.7. The van der Waals surface area contributed by atoms with Crippen molar-refractivity contribution in [1.29, 1.82) is 0 Å². The number of hydrogen-bond donors (Lipinski definition) is 0. The monoisotopic (exact) mass is 580 g/mol. The van der Waals surface area contributed by atoms with Gasteiger partial charge in [0.15, 0.2) is 0 Å². The largest absolute Gasteiger partial charge is 0.307 e. The van der Waals surface area contributed by atoms with E-state index in [0.717, 1.165) is 54.6 Å². The van der Waals surface area contributed by atoms with E-state index >= 15 is 0 Å². The van der Waals surface area contributed by atoms with Crippen LogP contribution in [0.1, 0.15) is 6.85 Å². The maximum absolute atomic E-state index is 8.73.